The van der Waals surface area contributed by atoms with Gasteiger partial charge in [0.05, 0.1) is 10.9 Å². The lowest BCUT2D eigenvalue weighted by molar-refractivity contribution is -0.127. The van der Waals surface area contributed by atoms with Crippen molar-refractivity contribution >= 4 is 23.0 Å². The average molecular weight is 298 g/mol. The van der Waals surface area contributed by atoms with E-state index in [0.29, 0.717) is 29.6 Å². The van der Waals surface area contributed by atoms with Gasteiger partial charge in [0.15, 0.2) is 5.43 Å². The third-order valence-electron chi connectivity index (χ3n) is 3.93. The summed E-state index contributed by atoms with van der Waals surface area (Å²) in [6, 6.07) is 7.08. The smallest absolute Gasteiger partial charge is 0.246 e. The highest BCUT2D eigenvalue weighted by Crippen LogP contribution is 2.11. The number of nitrogens with zero attached hydrogens (tertiary/aromatic N) is 2. The molecule has 1 aliphatic heterocycles. The molecule has 1 saturated heterocycles. The third-order valence-corrected chi connectivity index (χ3v) is 3.93. The van der Waals surface area contributed by atoms with E-state index in [1.165, 1.54) is 12.3 Å². The highest BCUT2D eigenvalue weighted by atomic mass is 16.3. The summed E-state index contributed by atoms with van der Waals surface area (Å²) < 4.78 is 5.43. The van der Waals surface area contributed by atoms with Gasteiger partial charge >= 0.3 is 0 Å². The Hall–Kier alpha value is -2.40. The van der Waals surface area contributed by atoms with E-state index in [1.807, 2.05) is 13.1 Å². The Balaban J connectivity index is 1.79. The number of carbonyl (C=O) groups is 1. The van der Waals surface area contributed by atoms with Crippen molar-refractivity contribution in [1.29, 1.82) is 0 Å². The van der Waals surface area contributed by atoms with Gasteiger partial charge in [-0.25, -0.2) is 0 Å². The van der Waals surface area contributed by atoms with E-state index in [2.05, 4.69) is 4.90 Å². The minimum atomic E-state index is -0.121. The molecule has 0 atom stereocenters. The maximum Gasteiger partial charge on any atom is 0.246 e. The van der Waals surface area contributed by atoms with Gasteiger partial charge < -0.3 is 14.2 Å². The van der Waals surface area contributed by atoms with E-state index in [-0.39, 0.29) is 11.3 Å². The molecule has 2 aromatic rings. The summed E-state index contributed by atoms with van der Waals surface area (Å²) in [5, 5.41) is 0.525. The number of rotatable bonds is 2. The molecule has 0 spiro atoms. The molecule has 1 amide bonds. The van der Waals surface area contributed by atoms with Crippen molar-refractivity contribution in [3.63, 3.8) is 0 Å². The van der Waals surface area contributed by atoms with Gasteiger partial charge in [-0.2, -0.15) is 0 Å². The monoisotopic (exact) mass is 298 g/mol. The van der Waals surface area contributed by atoms with Crippen LogP contribution < -0.4 is 5.43 Å². The molecule has 0 radical (unpaired) electrons. The van der Waals surface area contributed by atoms with E-state index in [0.717, 1.165) is 13.1 Å². The predicted octanol–water partition coefficient (Wildman–Crippen LogP) is 1.58. The summed E-state index contributed by atoms with van der Waals surface area (Å²) in [4.78, 5) is 28.4. The topological polar surface area (TPSA) is 53.8 Å². The van der Waals surface area contributed by atoms with Crippen LogP contribution in [0.5, 0.6) is 0 Å². The lowest BCUT2D eigenvalue weighted by Crippen LogP contribution is -2.46. The number of carbonyl (C=O) groups excluding carboxylic acids is 1. The van der Waals surface area contributed by atoms with Crippen molar-refractivity contribution in [2.45, 2.75) is 0 Å². The van der Waals surface area contributed by atoms with Crippen molar-refractivity contribution in [2.75, 3.05) is 33.2 Å². The van der Waals surface area contributed by atoms with Gasteiger partial charge in [-0.15, -0.1) is 0 Å². The van der Waals surface area contributed by atoms with Gasteiger partial charge in [0.1, 0.15) is 11.8 Å². The fourth-order valence-electron chi connectivity index (χ4n) is 2.50. The average Bonchev–Trinajstić information content (AvgIpc) is 2.55. The van der Waals surface area contributed by atoms with Gasteiger partial charge in [0.2, 0.25) is 5.91 Å². The van der Waals surface area contributed by atoms with Crippen LogP contribution in [-0.2, 0) is 4.79 Å². The van der Waals surface area contributed by atoms with Gasteiger partial charge in [-0.05, 0) is 25.3 Å². The molecule has 1 aliphatic rings. The number of benzene rings is 1. The summed E-state index contributed by atoms with van der Waals surface area (Å²) in [7, 11) is 2.04. The van der Waals surface area contributed by atoms with Crippen molar-refractivity contribution in [1.82, 2.24) is 9.80 Å². The summed E-state index contributed by atoms with van der Waals surface area (Å²) in [5.41, 5.74) is 0.820. The van der Waals surface area contributed by atoms with Crippen LogP contribution in [0.25, 0.3) is 17.0 Å². The van der Waals surface area contributed by atoms with Crippen molar-refractivity contribution in [2.24, 2.45) is 0 Å². The number of likely N-dealkylation sites (N-methyl/N-ethyl adjacent to an activating group) is 1. The summed E-state index contributed by atoms with van der Waals surface area (Å²) in [6.07, 6.45) is 4.39. The summed E-state index contributed by atoms with van der Waals surface area (Å²) in [5.74, 6) is -0.0688. The molecular formula is C17H18N2O3. The molecule has 1 aromatic heterocycles. The fraction of sp³-hybridized carbons (Fsp3) is 0.294. The molecule has 0 saturated carbocycles. The molecule has 0 bridgehead atoms. The second-order valence-corrected chi connectivity index (χ2v) is 5.48. The van der Waals surface area contributed by atoms with E-state index < -0.39 is 0 Å². The second kappa shape index (κ2) is 6.15. The zero-order chi connectivity index (χ0) is 15.5. The zero-order valence-corrected chi connectivity index (χ0v) is 12.5. The van der Waals surface area contributed by atoms with Crippen LogP contribution in [0.3, 0.4) is 0 Å². The molecule has 0 N–H and O–H groups in total. The van der Waals surface area contributed by atoms with Crippen LogP contribution in [-0.4, -0.2) is 48.9 Å². The summed E-state index contributed by atoms with van der Waals surface area (Å²) >= 11 is 0. The minimum absolute atomic E-state index is 0.0688. The zero-order valence-electron chi connectivity index (χ0n) is 12.5. The Morgan fingerprint density at radius 2 is 1.91 bits per heavy atom. The van der Waals surface area contributed by atoms with Gasteiger partial charge in [0, 0.05) is 32.3 Å². The Morgan fingerprint density at radius 1 is 1.18 bits per heavy atom. The quantitative estimate of drug-likeness (QED) is 0.790. The standard InChI is InChI=1S/C17H18N2O3/c1-18-8-10-19(11-9-18)16(20)7-6-13-12-22-15-5-3-2-4-14(15)17(13)21/h2-7,12H,8-11H2,1H3/b7-6+. The molecule has 2 heterocycles. The van der Waals surface area contributed by atoms with Gasteiger partial charge in [-0.3, -0.25) is 9.59 Å². The molecule has 3 rings (SSSR count). The highest BCUT2D eigenvalue weighted by Gasteiger charge is 2.16. The number of amides is 1. The van der Waals surface area contributed by atoms with Crippen LogP contribution in [0, 0.1) is 0 Å². The number of hydrogen-bond acceptors (Lipinski definition) is 4. The SMILES string of the molecule is CN1CCN(C(=O)/C=C/c2coc3ccccc3c2=O)CC1. The first kappa shape index (κ1) is 14.5. The molecule has 1 aromatic carbocycles. The third kappa shape index (κ3) is 2.94. The lowest BCUT2D eigenvalue weighted by atomic mass is 10.1. The largest absolute Gasteiger partial charge is 0.463 e. The maximum absolute atomic E-state index is 12.3. The van der Waals surface area contributed by atoms with E-state index in [9.17, 15) is 9.59 Å². The lowest BCUT2D eigenvalue weighted by Gasteiger charge is -2.31. The molecule has 5 heteroatoms. The van der Waals surface area contributed by atoms with Crippen LogP contribution in [0.4, 0.5) is 0 Å². The Labute approximate surface area is 128 Å². The van der Waals surface area contributed by atoms with E-state index in [4.69, 9.17) is 4.42 Å². The number of fused-ring (bicyclic) bond motifs is 1. The number of piperazine rings is 1. The first-order valence-electron chi connectivity index (χ1n) is 7.31. The maximum atomic E-state index is 12.3. The fourth-order valence-corrected chi connectivity index (χ4v) is 2.50. The molecule has 1 fully saturated rings. The highest BCUT2D eigenvalue weighted by molar-refractivity contribution is 5.92. The normalized spacial score (nSPS) is 16.5. The Morgan fingerprint density at radius 3 is 2.68 bits per heavy atom. The number of para-hydroxylation sites is 1. The first-order chi connectivity index (χ1) is 10.6. The van der Waals surface area contributed by atoms with Crippen molar-refractivity contribution in [3.05, 3.63) is 52.4 Å². The second-order valence-electron chi connectivity index (χ2n) is 5.48. The van der Waals surface area contributed by atoms with E-state index in [1.54, 1.807) is 29.2 Å². The van der Waals surface area contributed by atoms with Crippen molar-refractivity contribution in [3.8, 4) is 0 Å². The van der Waals surface area contributed by atoms with Crippen LogP contribution in [0.2, 0.25) is 0 Å². The molecule has 114 valence electrons. The van der Waals surface area contributed by atoms with Gasteiger partial charge in [-0.1, -0.05) is 12.1 Å². The van der Waals surface area contributed by atoms with E-state index >= 15 is 0 Å². The van der Waals surface area contributed by atoms with Gasteiger partial charge in [0.25, 0.3) is 0 Å². The Kier molecular flexibility index (Phi) is 4.06. The Bertz CT molecular complexity index is 771. The first-order valence-corrected chi connectivity index (χ1v) is 7.31. The minimum Gasteiger partial charge on any atom is -0.463 e. The predicted molar refractivity (Wildman–Crippen MR) is 85.6 cm³/mol. The van der Waals surface area contributed by atoms with Crippen LogP contribution >= 0.6 is 0 Å². The molecular weight excluding hydrogens is 280 g/mol. The number of hydrogen-bond donors (Lipinski definition) is 0. The van der Waals surface area contributed by atoms with Crippen LogP contribution in [0.15, 0.2) is 45.8 Å². The molecule has 0 unspecified atom stereocenters. The molecule has 0 aliphatic carbocycles. The molecule has 22 heavy (non-hydrogen) atoms. The molecule has 5 nitrogen and oxygen atoms in total. The van der Waals surface area contributed by atoms with Crippen LogP contribution in [0.1, 0.15) is 5.56 Å². The van der Waals surface area contributed by atoms with Crippen molar-refractivity contribution < 1.29 is 9.21 Å². The summed E-state index contributed by atoms with van der Waals surface area (Å²) in [6.45, 7) is 3.17.